The molecule has 0 aliphatic heterocycles. The fourth-order valence-corrected chi connectivity index (χ4v) is 0.714. The molecule has 0 spiro atoms. The second kappa shape index (κ2) is 3.11. The fourth-order valence-electron chi connectivity index (χ4n) is 0.238. The summed E-state index contributed by atoms with van der Waals surface area (Å²) >= 11 is 0. The van der Waals surface area contributed by atoms with Gasteiger partial charge in [0.15, 0.2) is 0 Å². The highest BCUT2D eigenvalue weighted by molar-refractivity contribution is 7.80. The molecule has 0 rings (SSSR count). The van der Waals surface area contributed by atoms with Gasteiger partial charge in [0.2, 0.25) is 0 Å². The standard InChI is InChI=1S/C3H8O5S/c1-3(2-4)8-9(5,6)7/h3-4H,2H2,1H3,(H,5,6,7). The Kier molecular flexibility index (Phi) is 3.06. The van der Waals surface area contributed by atoms with Crippen LogP contribution < -0.4 is 0 Å². The Balaban J connectivity index is 3.75. The van der Waals surface area contributed by atoms with E-state index >= 15 is 0 Å². The Morgan fingerprint density at radius 2 is 2.11 bits per heavy atom. The summed E-state index contributed by atoms with van der Waals surface area (Å²) in [5.41, 5.74) is 0. The lowest BCUT2D eigenvalue weighted by Crippen LogP contribution is -2.17. The number of hydrogen-bond acceptors (Lipinski definition) is 4. The van der Waals surface area contributed by atoms with Crippen LogP contribution in [0.2, 0.25) is 0 Å². The van der Waals surface area contributed by atoms with Crippen LogP contribution in [-0.2, 0) is 14.6 Å². The van der Waals surface area contributed by atoms with Gasteiger partial charge in [0, 0.05) is 0 Å². The zero-order chi connectivity index (χ0) is 7.49. The Labute approximate surface area is 53.2 Å². The van der Waals surface area contributed by atoms with Gasteiger partial charge < -0.3 is 5.11 Å². The van der Waals surface area contributed by atoms with Crippen molar-refractivity contribution in [2.24, 2.45) is 0 Å². The monoisotopic (exact) mass is 156 g/mol. The van der Waals surface area contributed by atoms with Crippen molar-refractivity contribution in [3.63, 3.8) is 0 Å². The number of rotatable bonds is 3. The first-order valence-corrected chi connectivity index (χ1v) is 3.59. The van der Waals surface area contributed by atoms with Crippen molar-refractivity contribution < 1.29 is 22.3 Å². The van der Waals surface area contributed by atoms with E-state index in [1.165, 1.54) is 6.92 Å². The van der Waals surface area contributed by atoms with Gasteiger partial charge in [0.1, 0.15) is 0 Å². The molecular formula is C3H8O5S. The first-order valence-electron chi connectivity index (χ1n) is 2.22. The van der Waals surface area contributed by atoms with Gasteiger partial charge in [-0.1, -0.05) is 0 Å². The van der Waals surface area contributed by atoms with Crippen LogP contribution in [0.5, 0.6) is 0 Å². The summed E-state index contributed by atoms with van der Waals surface area (Å²) in [6, 6.07) is 0. The summed E-state index contributed by atoms with van der Waals surface area (Å²) in [6.45, 7) is 0.869. The second-order valence-electron chi connectivity index (χ2n) is 1.52. The van der Waals surface area contributed by atoms with E-state index in [1.54, 1.807) is 0 Å². The van der Waals surface area contributed by atoms with Crippen molar-refractivity contribution in [3.05, 3.63) is 0 Å². The summed E-state index contributed by atoms with van der Waals surface area (Å²) in [6.07, 6.45) is -0.889. The van der Waals surface area contributed by atoms with Gasteiger partial charge in [-0.05, 0) is 6.92 Å². The number of aliphatic hydroxyl groups is 1. The smallest absolute Gasteiger partial charge is 0.394 e. The molecule has 0 radical (unpaired) electrons. The summed E-state index contributed by atoms with van der Waals surface area (Å²) in [5, 5.41) is 8.20. The molecule has 0 saturated carbocycles. The Hall–Kier alpha value is -0.170. The zero-order valence-electron chi connectivity index (χ0n) is 4.81. The van der Waals surface area contributed by atoms with E-state index in [-0.39, 0.29) is 0 Å². The molecule has 0 aromatic rings. The van der Waals surface area contributed by atoms with Gasteiger partial charge in [-0.25, -0.2) is 4.18 Å². The van der Waals surface area contributed by atoms with Gasteiger partial charge in [-0.15, -0.1) is 0 Å². The molecule has 0 aromatic carbocycles. The fraction of sp³-hybridized carbons (Fsp3) is 1.00. The van der Waals surface area contributed by atoms with Gasteiger partial charge in [-0.3, -0.25) is 4.55 Å². The molecule has 5 nitrogen and oxygen atoms in total. The Bertz CT molecular complexity index is 159. The molecule has 6 heteroatoms. The summed E-state index contributed by atoms with van der Waals surface area (Å²) in [7, 11) is -4.40. The normalized spacial score (nSPS) is 15.4. The Morgan fingerprint density at radius 1 is 1.67 bits per heavy atom. The number of aliphatic hydroxyl groups excluding tert-OH is 1. The first kappa shape index (κ1) is 8.83. The molecule has 9 heavy (non-hydrogen) atoms. The van der Waals surface area contributed by atoms with E-state index < -0.39 is 23.1 Å². The van der Waals surface area contributed by atoms with Crippen LogP contribution in [0.4, 0.5) is 0 Å². The SMILES string of the molecule is CC(CO)OS(=O)(=O)O. The first-order chi connectivity index (χ1) is 3.95. The number of hydrogen-bond donors (Lipinski definition) is 2. The van der Waals surface area contributed by atoms with Crippen LogP contribution >= 0.6 is 0 Å². The molecular weight excluding hydrogens is 148 g/mol. The highest BCUT2D eigenvalue weighted by Gasteiger charge is 2.09. The molecule has 0 amide bonds. The van der Waals surface area contributed by atoms with E-state index in [0.717, 1.165) is 0 Å². The molecule has 0 bridgehead atoms. The molecule has 56 valence electrons. The Morgan fingerprint density at radius 3 is 2.22 bits per heavy atom. The van der Waals surface area contributed by atoms with Crippen LogP contribution in [0.1, 0.15) is 6.92 Å². The van der Waals surface area contributed by atoms with Crippen molar-refractivity contribution in [3.8, 4) is 0 Å². The van der Waals surface area contributed by atoms with Crippen LogP contribution in [0.25, 0.3) is 0 Å². The topological polar surface area (TPSA) is 83.8 Å². The largest absolute Gasteiger partial charge is 0.397 e. The van der Waals surface area contributed by atoms with E-state index in [2.05, 4.69) is 4.18 Å². The van der Waals surface area contributed by atoms with E-state index in [1.807, 2.05) is 0 Å². The van der Waals surface area contributed by atoms with Gasteiger partial charge in [0.25, 0.3) is 0 Å². The van der Waals surface area contributed by atoms with Crippen molar-refractivity contribution in [1.82, 2.24) is 0 Å². The average Bonchev–Trinajstić information content (AvgIpc) is 1.62. The van der Waals surface area contributed by atoms with E-state index in [9.17, 15) is 8.42 Å². The lowest BCUT2D eigenvalue weighted by Gasteiger charge is -2.03. The third-order valence-electron chi connectivity index (χ3n) is 0.543. The maximum atomic E-state index is 9.82. The van der Waals surface area contributed by atoms with Crippen LogP contribution in [0.3, 0.4) is 0 Å². The lowest BCUT2D eigenvalue weighted by molar-refractivity contribution is 0.121. The van der Waals surface area contributed by atoms with Crippen molar-refractivity contribution in [2.45, 2.75) is 13.0 Å². The summed E-state index contributed by atoms with van der Waals surface area (Å²) in [4.78, 5) is 0. The molecule has 0 fully saturated rings. The minimum Gasteiger partial charge on any atom is -0.394 e. The maximum Gasteiger partial charge on any atom is 0.397 e. The minimum absolute atomic E-state index is 0.445. The van der Waals surface area contributed by atoms with Crippen molar-refractivity contribution in [1.29, 1.82) is 0 Å². The summed E-state index contributed by atoms with van der Waals surface area (Å²) in [5.74, 6) is 0. The third-order valence-corrected chi connectivity index (χ3v) is 1.11. The quantitative estimate of drug-likeness (QED) is 0.522. The van der Waals surface area contributed by atoms with Gasteiger partial charge >= 0.3 is 10.4 Å². The van der Waals surface area contributed by atoms with Gasteiger partial charge in [0.05, 0.1) is 12.7 Å². The van der Waals surface area contributed by atoms with Crippen molar-refractivity contribution >= 4 is 10.4 Å². The second-order valence-corrected chi connectivity index (χ2v) is 2.57. The van der Waals surface area contributed by atoms with Gasteiger partial charge in [-0.2, -0.15) is 8.42 Å². The van der Waals surface area contributed by atoms with Crippen molar-refractivity contribution in [2.75, 3.05) is 6.61 Å². The zero-order valence-corrected chi connectivity index (χ0v) is 5.63. The maximum absolute atomic E-state index is 9.82. The molecule has 0 aliphatic rings. The molecule has 0 saturated heterocycles. The van der Waals surface area contributed by atoms with E-state index in [0.29, 0.717) is 0 Å². The molecule has 0 aromatic heterocycles. The molecule has 2 N–H and O–H groups in total. The lowest BCUT2D eigenvalue weighted by atomic mass is 10.5. The molecule has 0 heterocycles. The highest BCUT2D eigenvalue weighted by Crippen LogP contribution is 1.93. The predicted octanol–water partition coefficient (Wildman–Crippen LogP) is -0.813. The van der Waals surface area contributed by atoms with Crippen LogP contribution in [0.15, 0.2) is 0 Å². The summed E-state index contributed by atoms with van der Waals surface area (Å²) < 4.78 is 31.5. The molecule has 0 aliphatic carbocycles. The van der Waals surface area contributed by atoms with Crippen LogP contribution in [-0.4, -0.2) is 30.8 Å². The third kappa shape index (κ3) is 5.71. The van der Waals surface area contributed by atoms with Crippen LogP contribution in [0, 0.1) is 0 Å². The predicted molar refractivity (Wildman–Crippen MR) is 29.2 cm³/mol. The molecule has 1 atom stereocenters. The van der Waals surface area contributed by atoms with E-state index in [4.69, 9.17) is 9.66 Å². The average molecular weight is 156 g/mol. The minimum atomic E-state index is -4.40. The molecule has 1 unspecified atom stereocenters. The highest BCUT2D eigenvalue weighted by atomic mass is 32.3.